The SMILES string of the molecule is COc1cc(CC2COC(c3ccc4c(c3)OCO4)C2COC2OC(CO)C(O)C(O)C2O)ccc1O. The normalized spacial score (nSPS) is 33.0. The first-order valence-electron chi connectivity index (χ1n) is 12.2. The van der Waals surface area contributed by atoms with Crippen molar-refractivity contribution in [1.29, 1.82) is 0 Å². The smallest absolute Gasteiger partial charge is 0.231 e. The first kappa shape index (κ1) is 26.0. The first-order valence-corrected chi connectivity index (χ1v) is 12.2. The summed E-state index contributed by atoms with van der Waals surface area (Å²) in [7, 11) is 1.49. The fourth-order valence-electron chi connectivity index (χ4n) is 5.15. The summed E-state index contributed by atoms with van der Waals surface area (Å²) in [5.41, 5.74) is 1.81. The van der Waals surface area contributed by atoms with Crippen molar-refractivity contribution in [2.45, 2.75) is 43.2 Å². The second-order valence-corrected chi connectivity index (χ2v) is 9.53. The summed E-state index contributed by atoms with van der Waals surface area (Å²) < 4.78 is 33.9. The van der Waals surface area contributed by atoms with Crippen LogP contribution in [0.1, 0.15) is 17.2 Å². The quantitative estimate of drug-likeness (QED) is 0.330. The number of aromatic hydroxyl groups is 1. The Kier molecular flexibility index (Phi) is 7.72. The van der Waals surface area contributed by atoms with Crippen LogP contribution in [-0.4, -0.2) is 90.0 Å². The third-order valence-corrected chi connectivity index (χ3v) is 7.25. The third kappa shape index (κ3) is 5.21. The van der Waals surface area contributed by atoms with Crippen molar-refractivity contribution in [2.24, 2.45) is 11.8 Å². The second kappa shape index (κ2) is 11.0. The van der Waals surface area contributed by atoms with Crippen molar-refractivity contribution in [2.75, 3.05) is 33.7 Å². The Morgan fingerprint density at radius 2 is 1.78 bits per heavy atom. The van der Waals surface area contributed by atoms with E-state index in [1.807, 2.05) is 24.3 Å². The second-order valence-electron chi connectivity index (χ2n) is 9.53. The molecule has 11 nitrogen and oxygen atoms in total. The Labute approximate surface area is 213 Å². The average Bonchev–Trinajstić information content (AvgIpc) is 3.54. The molecule has 0 radical (unpaired) electrons. The molecule has 0 bridgehead atoms. The van der Waals surface area contributed by atoms with Gasteiger partial charge in [-0.3, -0.25) is 0 Å². The molecular formula is C26H32O11. The number of benzene rings is 2. The lowest BCUT2D eigenvalue weighted by atomic mass is 9.84. The molecule has 8 atom stereocenters. The van der Waals surface area contributed by atoms with Crippen molar-refractivity contribution >= 4 is 0 Å². The highest BCUT2D eigenvalue weighted by molar-refractivity contribution is 5.45. The first-order chi connectivity index (χ1) is 17.9. The molecule has 3 aliphatic rings. The van der Waals surface area contributed by atoms with Crippen LogP contribution in [0.5, 0.6) is 23.0 Å². The largest absolute Gasteiger partial charge is 0.504 e. The van der Waals surface area contributed by atoms with Gasteiger partial charge in [0.05, 0.1) is 33.0 Å². The van der Waals surface area contributed by atoms with E-state index in [0.29, 0.717) is 30.3 Å². The summed E-state index contributed by atoms with van der Waals surface area (Å²) in [6.45, 7) is 0.133. The van der Waals surface area contributed by atoms with Gasteiger partial charge in [-0.1, -0.05) is 12.1 Å². The molecule has 0 aromatic heterocycles. The highest BCUT2D eigenvalue weighted by Crippen LogP contribution is 2.44. The summed E-state index contributed by atoms with van der Waals surface area (Å²) in [6.07, 6.45) is -6.57. The maximum atomic E-state index is 10.4. The molecular weight excluding hydrogens is 488 g/mol. The molecule has 3 aliphatic heterocycles. The predicted molar refractivity (Wildman–Crippen MR) is 126 cm³/mol. The van der Waals surface area contributed by atoms with Gasteiger partial charge in [0.2, 0.25) is 6.79 Å². The zero-order valence-electron chi connectivity index (χ0n) is 20.3. The van der Waals surface area contributed by atoms with Gasteiger partial charge in [0.1, 0.15) is 24.4 Å². The van der Waals surface area contributed by atoms with Crippen molar-refractivity contribution in [3.05, 3.63) is 47.5 Å². The summed E-state index contributed by atoms with van der Waals surface area (Å²) >= 11 is 0. The molecule has 0 aliphatic carbocycles. The minimum Gasteiger partial charge on any atom is -0.504 e. The maximum absolute atomic E-state index is 10.4. The van der Waals surface area contributed by atoms with E-state index in [2.05, 4.69) is 0 Å². The number of fused-ring (bicyclic) bond motifs is 1. The summed E-state index contributed by atoms with van der Waals surface area (Å²) in [5.74, 6) is 1.49. The average molecular weight is 521 g/mol. The number of hydrogen-bond acceptors (Lipinski definition) is 11. The van der Waals surface area contributed by atoms with Crippen LogP contribution in [0.25, 0.3) is 0 Å². The molecule has 0 spiro atoms. The van der Waals surface area contributed by atoms with Gasteiger partial charge in [0.15, 0.2) is 29.3 Å². The van der Waals surface area contributed by atoms with E-state index in [1.165, 1.54) is 7.11 Å². The molecule has 2 fully saturated rings. The van der Waals surface area contributed by atoms with Crippen molar-refractivity contribution < 1.29 is 54.0 Å². The maximum Gasteiger partial charge on any atom is 0.231 e. The Hall–Kier alpha value is -2.64. The van der Waals surface area contributed by atoms with E-state index in [-0.39, 0.29) is 37.1 Å². The molecule has 37 heavy (non-hydrogen) atoms. The third-order valence-electron chi connectivity index (χ3n) is 7.25. The molecule has 8 unspecified atom stereocenters. The molecule has 2 saturated heterocycles. The number of aliphatic hydroxyl groups excluding tert-OH is 4. The molecule has 0 amide bonds. The van der Waals surface area contributed by atoms with Gasteiger partial charge < -0.3 is 54.0 Å². The number of phenolic OH excluding ortho intramolecular Hbond substituents is 1. The molecule has 5 N–H and O–H groups in total. The van der Waals surface area contributed by atoms with Crippen molar-refractivity contribution in [3.63, 3.8) is 0 Å². The highest BCUT2D eigenvalue weighted by atomic mass is 16.7. The van der Waals surface area contributed by atoms with E-state index in [1.54, 1.807) is 12.1 Å². The van der Waals surface area contributed by atoms with Crippen molar-refractivity contribution in [1.82, 2.24) is 0 Å². The Morgan fingerprint density at radius 3 is 2.57 bits per heavy atom. The van der Waals surface area contributed by atoms with E-state index in [4.69, 9.17) is 28.4 Å². The van der Waals surface area contributed by atoms with E-state index < -0.39 is 37.3 Å². The molecule has 2 aromatic carbocycles. The molecule has 11 heteroatoms. The number of aliphatic hydroxyl groups is 4. The van der Waals surface area contributed by atoms with E-state index in [9.17, 15) is 25.5 Å². The van der Waals surface area contributed by atoms with Crippen LogP contribution in [0.3, 0.4) is 0 Å². The summed E-state index contributed by atoms with van der Waals surface area (Å²) in [6, 6.07) is 10.8. The monoisotopic (exact) mass is 520 g/mol. The van der Waals surface area contributed by atoms with Gasteiger partial charge in [-0.25, -0.2) is 0 Å². The van der Waals surface area contributed by atoms with Gasteiger partial charge >= 0.3 is 0 Å². The molecule has 0 saturated carbocycles. The zero-order chi connectivity index (χ0) is 26.1. The predicted octanol–water partition coefficient (Wildman–Crippen LogP) is 0.492. The number of hydrogen-bond donors (Lipinski definition) is 5. The van der Waals surface area contributed by atoms with Crippen LogP contribution in [0.15, 0.2) is 36.4 Å². The van der Waals surface area contributed by atoms with Crippen LogP contribution in [0, 0.1) is 11.8 Å². The lowest BCUT2D eigenvalue weighted by Gasteiger charge is -2.40. The molecule has 2 aromatic rings. The van der Waals surface area contributed by atoms with E-state index >= 15 is 0 Å². The van der Waals surface area contributed by atoms with Crippen LogP contribution in [0.4, 0.5) is 0 Å². The summed E-state index contributed by atoms with van der Waals surface area (Å²) in [5, 5.41) is 50.1. The minimum absolute atomic E-state index is 0.0189. The number of rotatable bonds is 8. The fourth-order valence-corrected chi connectivity index (χ4v) is 5.15. The van der Waals surface area contributed by atoms with Crippen molar-refractivity contribution in [3.8, 4) is 23.0 Å². The van der Waals surface area contributed by atoms with Crippen LogP contribution >= 0.6 is 0 Å². The topological polar surface area (TPSA) is 157 Å². The zero-order valence-corrected chi connectivity index (χ0v) is 20.3. The summed E-state index contributed by atoms with van der Waals surface area (Å²) in [4.78, 5) is 0. The molecule has 3 heterocycles. The van der Waals surface area contributed by atoms with Gasteiger partial charge in [-0.05, 0) is 47.7 Å². The van der Waals surface area contributed by atoms with Gasteiger partial charge in [0, 0.05) is 5.92 Å². The van der Waals surface area contributed by atoms with Crippen LogP contribution in [0.2, 0.25) is 0 Å². The van der Waals surface area contributed by atoms with Gasteiger partial charge in [-0.2, -0.15) is 0 Å². The highest BCUT2D eigenvalue weighted by Gasteiger charge is 2.46. The Balaban J connectivity index is 1.37. The Bertz CT molecular complexity index is 1080. The number of methoxy groups -OCH3 is 1. The molecule has 5 rings (SSSR count). The lowest BCUT2D eigenvalue weighted by Crippen LogP contribution is -2.59. The Morgan fingerprint density at radius 1 is 0.973 bits per heavy atom. The minimum atomic E-state index is -1.53. The van der Waals surface area contributed by atoms with Crippen LogP contribution < -0.4 is 14.2 Å². The fraction of sp³-hybridized carbons (Fsp3) is 0.538. The van der Waals surface area contributed by atoms with E-state index in [0.717, 1.165) is 11.1 Å². The van der Waals surface area contributed by atoms with Crippen LogP contribution in [-0.2, 0) is 20.6 Å². The van der Waals surface area contributed by atoms with Gasteiger partial charge in [-0.15, -0.1) is 0 Å². The molecule has 202 valence electrons. The number of ether oxygens (including phenoxy) is 6. The standard InChI is InChI=1S/C26H32O11/c1-32-19-7-13(2-4-17(19)28)6-15-10-33-25(14-3-5-18-20(8-14)36-12-35-18)16(15)11-34-26-24(31)23(30)22(29)21(9-27)37-26/h2-5,7-8,15-16,21-31H,6,9-12H2,1H3. The number of phenols is 1. The van der Waals surface area contributed by atoms with Gasteiger partial charge in [0.25, 0.3) is 0 Å². The lowest BCUT2D eigenvalue weighted by molar-refractivity contribution is -0.304.